The Bertz CT molecular complexity index is 597. The molecule has 1 aliphatic heterocycles. The van der Waals surface area contributed by atoms with Crippen LogP contribution in [-0.2, 0) is 9.59 Å². The summed E-state index contributed by atoms with van der Waals surface area (Å²) in [6, 6.07) is 5.11. The fourth-order valence-electron chi connectivity index (χ4n) is 3.18. The summed E-state index contributed by atoms with van der Waals surface area (Å²) in [5.41, 5.74) is -0.0789. The van der Waals surface area contributed by atoms with Crippen LogP contribution in [0.3, 0.4) is 0 Å². The summed E-state index contributed by atoms with van der Waals surface area (Å²) in [6.45, 7) is 0.0331. The van der Waals surface area contributed by atoms with E-state index in [1.54, 1.807) is 18.2 Å². The van der Waals surface area contributed by atoms with Crippen molar-refractivity contribution in [1.82, 2.24) is 5.32 Å². The molecule has 0 unspecified atom stereocenters. The maximum atomic E-state index is 12.8. The normalized spacial score (nSPS) is 20.8. The molecule has 1 spiro atoms. The number of ether oxygens (including phenoxy) is 1. The number of carbonyl (C=O) groups is 2. The van der Waals surface area contributed by atoms with Crippen LogP contribution in [0, 0.1) is 0 Å². The zero-order valence-electron chi connectivity index (χ0n) is 11.8. The molecule has 0 atom stereocenters. The Kier molecular flexibility index (Phi) is 3.53. The number of nitrogens with zero attached hydrogens (tertiary/aromatic N) is 1. The zero-order chi connectivity index (χ0) is 15.0. The van der Waals surface area contributed by atoms with Gasteiger partial charge in [0, 0.05) is 11.8 Å². The van der Waals surface area contributed by atoms with E-state index in [1.807, 2.05) is 0 Å². The van der Waals surface area contributed by atoms with Gasteiger partial charge in [0.1, 0.15) is 17.8 Å². The lowest BCUT2D eigenvalue weighted by atomic mass is 9.92. The van der Waals surface area contributed by atoms with E-state index in [0.717, 1.165) is 12.8 Å². The molecule has 6 heteroatoms. The van der Waals surface area contributed by atoms with E-state index in [9.17, 15) is 9.59 Å². The lowest BCUT2D eigenvalue weighted by Crippen LogP contribution is -2.65. The van der Waals surface area contributed by atoms with E-state index in [-0.39, 0.29) is 18.4 Å². The van der Waals surface area contributed by atoms with Crippen LogP contribution in [0.5, 0.6) is 5.75 Å². The van der Waals surface area contributed by atoms with Crippen molar-refractivity contribution in [1.29, 1.82) is 0 Å². The molecule has 0 bridgehead atoms. The first-order valence-electron chi connectivity index (χ1n) is 7.02. The minimum absolute atomic E-state index is 0.0331. The van der Waals surface area contributed by atoms with Gasteiger partial charge in [-0.15, -0.1) is 0 Å². The molecule has 2 amide bonds. The van der Waals surface area contributed by atoms with E-state index in [4.69, 9.17) is 16.3 Å². The van der Waals surface area contributed by atoms with Crippen molar-refractivity contribution in [2.24, 2.45) is 0 Å². The molecule has 1 aromatic rings. The molecule has 1 saturated heterocycles. The lowest BCUT2D eigenvalue weighted by molar-refractivity contribution is -0.135. The molecule has 0 aromatic heterocycles. The van der Waals surface area contributed by atoms with Gasteiger partial charge in [-0.1, -0.05) is 24.4 Å². The summed E-state index contributed by atoms with van der Waals surface area (Å²) in [4.78, 5) is 26.4. The number of carbonyl (C=O) groups excluding carboxylic acids is 2. The molecule has 2 fully saturated rings. The Morgan fingerprint density at radius 1 is 1.29 bits per heavy atom. The van der Waals surface area contributed by atoms with E-state index < -0.39 is 5.54 Å². The van der Waals surface area contributed by atoms with Gasteiger partial charge >= 0.3 is 0 Å². The Labute approximate surface area is 128 Å². The third kappa shape index (κ3) is 2.35. The summed E-state index contributed by atoms with van der Waals surface area (Å²) in [5, 5.41) is 3.37. The van der Waals surface area contributed by atoms with Gasteiger partial charge in [0.05, 0.1) is 12.1 Å². The van der Waals surface area contributed by atoms with Gasteiger partial charge in [-0.3, -0.25) is 9.59 Å². The first-order chi connectivity index (χ1) is 10.1. The van der Waals surface area contributed by atoms with Crippen LogP contribution in [0.15, 0.2) is 18.2 Å². The van der Waals surface area contributed by atoms with Crippen molar-refractivity contribution in [3.63, 3.8) is 0 Å². The molecule has 1 saturated carbocycles. The molecular formula is C15H17ClN2O3. The second-order valence-corrected chi connectivity index (χ2v) is 5.95. The summed E-state index contributed by atoms with van der Waals surface area (Å²) in [5.74, 6) is 0.336. The molecule has 112 valence electrons. The number of rotatable bonds is 2. The second-order valence-electron chi connectivity index (χ2n) is 5.55. The number of amides is 2. The van der Waals surface area contributed by atoms with Crippen molar-refractivity contribution in [3.05, 3.63) is 23.2 Å². The third-order valence-electron chi connectivity index (χ3n) is 4.24. The van der Waals surface area contributed by atoms with Gasteiger partial charge in [-0.05, 0) is 25.0 Å². The summed E-state index contributed by atoms with van der Waals surface area (Å²) < 4.78 is 5.19. The molecule has 21 heavy (non-hydrogen) atoms. The molecule has 1 N–H and O–H groups in total. The largest absolute Gasteiger partial charge is 0.495 e. The van der Waals surface area contributed by atoms with Gasteiger partial charge in [-0.2, -0.15) is 0 Å². The fourth-order valence-corrected chi connectivity index (χ4v) is 3.37. The predicted octanol–water partition coefficient (Wildman–Crippen LogP) is 2.12. The predicted molar refractivity (Wildman–Crippen MR) is 79.7 cm³/mol. The second kappa shape index (κ2) is 5.22. The highest BCUT2D eigenvalue weighted by molar-refractivity contribution is 6.32. The van der Waals surface area contributed by atoms with Crippen LogP contribution < -0.4 is 15.0 Å². The standard InChI is InChI=1S/C15H17ClN2O3/c1-21-12-8-10(4-5-11(12)16)18-9-13(19)17-15(14(18)20)6-2-3-7-15/h4-5,8H,2-3,6-7,9H2,1H3,(H,17,19). The zero-order valence-corrected chi connectivity index (χ0v) is 12.6. The van der Waals surface area contributed by atoms with E-state index >= 15 is 0 Å². The average molecular weight is 309 g/mol. The topological polar surface area (TPSA) is 58.6 Å². The Hall–Kier alpha value is -1.75. The summed E-state index contributed by atoms with van der Waals surface area (Å²) in [6.07, 6.45) is 3.34. The molecular weight excluding hydrogens is 292 g/mol. The molecule has 3 rings (SSSR count). The molecule has 1 heterocycles. The van der Waals surface area contributed by atoms with Gasteiger partial charge in [0.25, 0.3) is 5.91 Å². The minimum Gasteiger partial charge on any atom is -0.495 e. The van der Waals surface area contributed by atoms with Gasteiger partial charge in [0.15, 0.2) is 0 Å². The Balaban J connectivity index is 1.97. The van der Waals surface area contributed by atoms with E-state index in [0.29, 0.717) is 29.3 Å². The van der Waals surface area contributed by atoms with Crippen LogP contribution in [0.1, 0.15) is 25.7 Å². The number of nitrogens with one attached hydrogen (secondary N) is 1. The minimum atomic E-state index is -0.720. The number of hydrogen-bond acceptors (Lipinski definition) is 3. The molecule has 2 aliphatic rings. The number of hydrogen-bond donors (Lipinski definition) is 1. The number of benzene rings is 1. The maximum absolute atomic E-state index is 12.8. The number of piperazine rings is 1. The Morgan fingerprint density at radius 2 is 2.00 bits per heavy atom. The number of anilines is 1. The van der Waals surface area contributed by atoms with Crippen LogP contribution in [-0.4, -0.2) is 31.0 Å². The van der Waals surface area contributed by atoms with Crippen LogP contribution in [0.25, 0.3) is 0 Å². The quantitative estimate of drug-likeness (QED) is 0.910. The molecule has 0 radical (unpaired) electrons. The van der Waals surface area contributed by atoms with Gasteiger partial charge < -0.3 is 15.0 Å². The smallest absolute Gasteiger partial charge is 0.253 e. The average Bonchev–Trinajstić information content (AvgIpc) is 2.93. The molecule has 1 aromatic carbocycles. The van der Waals surface area contributed by atoms with Crippen molar-refractivity contribution in [3.8, 4) is 5.75 Å². The maximum Gasteiger partial charge on any atom is 0.253 e. The van der Waals surface area contributed by atoms with Crippen molar-refractivity contribution in [2.45, 2.75) is 31.2 Å². The Morgan fingerprint density at radius 3 is 2.67 bits per heavy atom. The van der Waals surface area contributed by atoms with Crippen LogP contribution in [0.4, 0.5) is 5.69 Å². The first-order valence-corrected chi connectivity index (χ1v) is 7.40. The van der Waals surface area contributed by atoms with E-state index in [1.165, 1.54) is 12.0 Å². The van der Waals surface area contributed by atoms with Crippen LogP contribution in [0.2, 0.25) is 5.02 Å². The fraction of sp³-hybridized carbons (Fsp3) is 0.467. The highest BCUT2D eigenvalue weighted by Crippen LogP contribution is 2.36. The first kappa shape index (κ1) is 14.2. The van der Waals surface area contributed by atoms with Crippen molar-refractivity contribution < 1.29 is 14.3 Å². The summed E-state index contributed by atoms with van der Waals surface area (Å²) in [7, 11) is 1.52. The highest BCUT2D eigenvalue weighted by atomic mass is 35.5. The van der Waals surface area contributed by atoms with Crippen LogP contribution >= 0.6 is 11.6 Å². The van der Waals surface area contributed by atoms with Crippen molar-refractivity contribution >= 4 is 29.1 Å². The molecule has 5 nitrogen and oxygen atoms in total. The van der Waals surface area contributed by atoms with Crippen molar-refractivity contribution in [2.75, 3.05) is 18.6 Å². The van der Waals surface area contributed by atoms with Gasteiger partial charge in [0.2, 0.25) is 5.91 Å². The van der Waals surface area contributed by atoms with Gasteiger partial charge in [-0.25, -0.2) is 0 Å². The summed E-state index contributed by atoms with van der Waals surface area (Å²) >= 11 is 6.01. The SMILES string of the molecule is COc1cc(N2CC(=O)NC3(CCCC3)C2=O)ccc1Cl. The molecule has 1 aliphatic carbocycles. The van der Waals surface area contributed by atoms with E-state index in [2.05, 4.69) is 5.32 Å². The number of methoxy groups -OCH3 is 1. The third-order valence-corrected chi connectivity index (χ3v) is 4.55. The highest BCUT2D eigenvalue weighted by Gasteiger charge is 2.48. The lowest BCUT2D eigenvalue weighted by Gasteiger charge is -2.39. The number of halogens is 1. The monoisotopic (exact) mass is 308 g/mol.